The highest BCUT2D eigenvalue weighted by Crippen LogP contribution is 2.23. The number of nitrogens with one attached hydrogen (secondary N) is 1. The maximum absolute atomic E-state index is 5.29. The largest absolute Gasteiger partial charge is 0.497 e. The Morgan fingerprint density at radius 3 is 2.05 bits per heavy atom. The van der Waals surface area contributed by atoms with Crippen LogP contribution in [0.1, 0.15) is 29.7 Å². The van der Waals surface area contributed by atoms with Crippen molar-refractivity contribution in [2.24, 2.45) is 0 Å². The Morgan fingerprint density at radius 1 is 0.952 bits per heavy atom. The van der Waals surface area contributed by atoms with Crippen LogP contribution >= 0.6 is 0 Å². The van der Waals surface area contributed by atoms with Crippen LogP contribution in [0.25, 0.3) is 0 Å². The Bertz CT molecular complexity index is 556. The minimum absolute atomic E-state index is 0.294. The number of rotatable bonds is 6. The summed E-state index contributed by atoms with van der Waals surface area (Å²) in [6.07, 6.45) is 0. The molecule has 2 rings (SSSR count). The van der Waals surface area contributed by atoms with Crippen LogP contribution in [0.3, 0.4) is 0 Å². The normalized spacial score (nSPS) is 12.0. The van der Waals surface area contributed by atoms with Gasteiger partial charge < -0.3 is 14.8 Å². The highest BCUT2D eigenvalue weighted by molar-refractivity contribution is 5.38. The third-order valence-corrected chi connectivity index (χ3v) is 3.60. The van der Waals surface area contributed by atoms with Gasteiger partial charge in [0.1, 0.15) is 11.5 Å². The second-order valence-electron chi connectivity index (χ2n) is 5.23. The highest BCUT2D eigenvalue weighted by Gasteiger charge is 2.06. The van der Waals surface area contributed by atoms with E-state index in [1.54, 1.807) is 14.2 Å². The molecule has 0 heterocycles. The number of methoxy groups -OCH3 is 2. The molecule has 0 aromatic heterocycles. The van der Waals surface area contributed by atoms with Crippen LogP contribution in [-0.2, 0) is 6.54 Å². The molecule has 112 valence electrons. The molecular weight excluding hydrogens is 262 g/mol. The van der Waals surface area contributed by atoms with E-state index in [1.165, 1.54) is 11.1 Å². The predicted molar refractivity (Wildman–Crippen MR) is 86.0 cm³/mol. The molecule has 0 saturated carbocycles. The van der Waals surface area contributed by atoms with E-state index in [0.29, 0.717) is 6.04 Å². The second-order valence-corrected chi connectivity index (χ2v) is 5.23. The van der Waals surface area contributed by atoms with E-state index >= 15 is 0 Å². The van der Waals surface area contributed by atoms with Crippen LogP contribution in [0.2, 0.25) is 0 Å². The van der Waals surface area contributed by atoms with Crippen LogP contribution in [-0.4, -0.2) is 14.2 Å². The van der Waals surface area contributed by atoms with Crippen LogP contribution in [0, 0.1) is 6.92 Å². The standard InChI is InChI=1S/C18H23NO2/c1-13-5-7-16(8-6-13)14(2)19-12-15-9-17(20-3)11-18(10-15)21-4/h5-11,14,19H,12H2,1-4H3. The van der Waals surface area contributed by atoms with Gasteiger partial charge in [0.25, 0.3) is 0 Å². The lowest BCUT2D eigenvalue weighted by Crippen LogP contribution is -2.18. The number of hydrogen-bond donors (Lipinski definition) is 1. The molecule has 0 fully saturated rings. The molecular formula is C18H23NO2. The lowest BCUT2D eigenvalue weighted by molar-refractivity contribution is 0.392. The fourth-order valence-corrected chi connectivity index (χ4v) is 2.21. The maximum atomic E-state index is 5.29. The van der Waals surface area contributed by atoms with Gasteiger partial charge in [0, 0.05) is 18.7 Å². The summed E-state index contributed by atoms with van der Waals surface area (Å²) in [5, 5.41) is 3.53. The summed E-state index contributed by atoms with van der Waals surface area (Å²) in [7, 11) is 3.34. The van der Waals surface area contributed by atoms with Gasteiger partial charge in [-0.1, -0.05) is 29.8 Å². The third-order valence-electron chi connectivity index (χ3n) is 3.60. The van der Waals surface area contributed by atoms with Crippen LogP contribution in [0.15, 0.2) is 42.5 Å². The molecule has 2 aromatic rings. The molecule has 1 unspecified atom stereocenters. The topological polar surface area (TPSA) is 30.5 Å². The van der Waals surface area contributed by atoms with E-state index < -0.39 is 0 Å². The molecule has 3 nitrogen and oxygen atoms in total. The monoisotopic (exact) mass is 285 g/mol. The summed E-state index contributed by atoms with van der Waals surface area (Å²) in [5.41, 5.74) is 3.71. The first-order valence-electron chi connectivity index (χ1n) is 7.14. The van der Waals surface area contributed by atoms with E-state index in [-0.39, 0.29) is 0 Å². The first kappa shape index (κ1) is 15.4. The molecule has 1 N–H and O–H groups in total. The van der Waals surface area contributed by atoms with Gasteiger partial charge in [-0.3, -0.25) is 0 Å². The van der Waals surface area contributed by atoms with Gasteiger partial charge in [0.15, 0.2) is 0 Å². The predicted octanol–water partition coefficient (Wildman–Crippen LogP) is 3.86. The molecule has 0 aliphatic rings. The van der Waals surface area contributed by atoms with E-state index in [2.05, 4.69) is 43.4 Å². The van der Waals surface area contributed by atoms with E-state index in [9.17, 15) is 0 Å². The quantitative estimate of drug-likeness (QED) is 0.874. The van der Waals surface area contributed by atoms with Crippen molar-refractivity contribution in [1.29, 1.82) is 0 Å². The molecule has 2 aromatic carbocycles. The highest BCUT2D eigenvalue weighted by atomic mass is 16.5. The van der Waals surface area contributed by atoms with Crippen LogP contribution in [0.4, 0.5) is 0 Å². The van der Waals surface area contributed by atoms with Crippen molar-refractivity contribution in [1.82, 2.24) is 5.32 Å². The van der Waals surface area contributed by atoms with Gasteiger partial charge in [-0.15, -0.1) is 0 Å². The number of hydrogen-bond acceptors (Lipinski definition) is 3. The zero-order valence-electron chi connectivity index (χ0n) is 13.1. The smallest absolute Gasteiger partial charge is 0.122 e. The van der Waals surface area contributed by atoms with Crippen molar-refractivity contribution in [3.8, 4) is 11.5 Å². The summed E-state index contributed by atoms with van der Waals surface area (Å²) in [6.45, 7) is 5.04. The van der Waals surface area contributed by atoms with Crippen molar-refractivity contribution in [2.75, 3.05) is 14.2 Å². The molecule has 0 radical (unpaired) electrons. The molecule has 0 spiro atoms. The Morgan fingerprint density at radius 2 is 1.52 bits per heavy atom. The minimum Gasteiger partial charge on any atom is -0.497 e. The molecule has 0 saturated heterocycles. The van der Waals surface area contributed by atoms with Crippen LogP contribution in [0.5, 0.6) is 11.5 Å². The number of ether oxygens (including phenoxy) is 2. The lowest BCUT2D eigenvalue weighted by Gasteiger charge is -2.15. The van der Waals surface area contributed by atoms with E-state index in [1.807, 2.05) is 18.2 Å². The zero-order valence-corrected chi connectivity index (χ0v) is 13.1. The summed E-state index contributed by atoms with van der Waals surface area (Å²) in [4.78, 5) is 0. The van der Waals surface area contributed by atoms with Gasteiger partial charge in [-0.05, 0) is 37.1 Å². The number of aryl methyl sites for hydroxylation is 1. The molecule has 0 aliphatic heterocycles. The second kappa shape index (κ2) is 7.14. The Hall–Kier alpha value is -2.00. The van der Waals surface area contributed by atoms with Crippen molar-refractivity contribution < 1.29 is 9.47 Å². The zero-order chi connectivity index (χ0) is 15.2. The average Bonchev–Trinajstić information content (AvgIpc) is 2.52. The van der Waals surface area contributed by atoms with Crippen molar-refractivity contribution in [3.63, 3.8) is 0 Å². The van der Waals surface area contributed by atoms with Crippen molar-refractivity contribution >= 4 is 0 Å². The summed E-state index contributed by atoms with van der Waals surface area (Å²) < 4.78 is 10.6. The third kappa shape index (κ3) is 4.23. The van der Waals surface area contributed by atoms with Crippen LogP contribution < -0.4 is 14.8 Å². The molecule has 0 bridgehead atoms. The maximum Gasteiger partial charge on any atom is 0.122 e. The fourth-order valence-electron chi connectivity index (χ4n) is 2.21. The van der Waals surface area contributed by atoms with Gasteiger partial charge in [-0.25, -0.2) is 0 Å². The summed E-state index contributed by atoms with van der Waals surface area (Å²) >= 11 is 0. The molecule has 0 amide bonds. The Labute approximate surface area is 126 Å². The first-order valence-corrected chi connectivity index (χ1v) is 7.14. The average molecular weight is 285 g/mol. The SMILES string of the molecule is COc1cc(CNC(C)c2ccc(C)cc2)cc(OC)c1. The lowest BCUT2D eigenvalue weighted by atomic mass is 10.1. The van der Waals surface area contributed by atoms with Crippen molar-refractivity contribution in [2.45, 2.75) is 26.4 Å². The number of benzene rings is 2. The summed E-state index contributed by atoms with van der Waals surface area (Å²) in [5.74, 6) is 1.63. The minimum atomic E-state index is 0.294. The van der Waals surface area contributed by atoms with Gasteiger partial charge in [0.2, 0.25) is 0 Å². The van der Waals surface area contributed by atoms with E-state index in [4.69, 9.17) is 9.47 Å². The molecule has 3 heteroatoms. The molecule has 0 aliphatic carbocycles. The van der Waals surface area contributed by atoms with Gasteiger partial charge in [-0.2, -0.15) is 0 Å². The van der Waals surface area contributed by atoms with Crippen molar-refractivity contribution in [3.05, 3.63) is 59.2 Å². The van der Waals surface area contributed by atoms with Gasteiger partial charge >= 0.3 is 0 Å². The summed E-state index contributed by atoms with van der Waals surface area (Å²) in [6, 6.07) is 14.8. The molecule has 21 heavy (non-hydrogen) atoms. The van der Waals surface area contributed by atoms with Gasteiger partial charge in [0.05, 0.1) is 14.2 Å². The van der Waals surface area contributed by atoms with E-state index in [0.717, 1.165) is 23.6 Å². The fraction of sp³-hybridized carbons (Fsp3) is 0.333. The Kier molecular flexibility index (Phi) is 5.23. The molecule has 1 atom stereocenters. The first-order chi connectivity index (χ1) is 10.1. The Balaban J connectivity index is 2.03.